The lowest BCUT2D eigenvalue weighted by Gasteiger charge is -2.14. The van der Waals surface area contributed by atoms with Gasteiger partial charge in [-0.25, -0.2) is 5.43 Å². The molecule has 0 aliphatic carbocycles. The summed E-state index contributed by atoms with van der Waals surface area (Å²) in [5.74, 6) is -0.191. The van der Waals surface area contributed by atoms with E-state index in [1.54, 1.807) is 18.2 Å². The number of benzene rings is 2. The van der Waals surface area contributed by atoms with Crippen molar-refractivity contribution < 1.29 is 14.5 Å². The van der Waals surface area contributed by atoms with E-state index in [1.165, 1.54) is 37.4 Å². The molecule has 7 nitrogen and oxygen atoms in total. The predicted octanol–water partition coefficient (Wildman–Crippen LogP) is 3.82. The first-order valence-electron chi connectivity index (χ1n) is 7.06. The van der Waals surface area contributed by atoms with Gasteiger partial charge in [0.05, 0.1) is 16.2 Å². The van der Waals surface area contributed by atoms with Crippen LogP contribution in [0.1, 0.15) is 12.5 Å². The van der Waals surface area contributed by atoms with Gasteiger partial charge in [0.1, 0.15) is 5.75 Å². The first kappa shape index (κ1) is 18.7. The third-order valence-electron chi connectivity index (χ3n) is 3.04. The van der Waals surface area contributed by atoms with Gasteiger partial charge >= 0.3 is 0 Å². The number of nitro benzene ring substituents is 1. The normalized spacial score (nSPS) is 12.0. The third-order valence-corrected chi connectivity index (χ3v) is 3.57. The van der Waals surface area contributed by atoms with E-state index in [4.69, 9.17) is 27.9 Å². The third kappa shape index (κ3) is 5.44. The SMILES string of the molecule is CC(Oc1ccc(Cl)cc1Cl)C(=O)N/N=C/c1cccc([N+](=O)[O-])c1. The van der Waals surface area contributed by atoms with Crippen LogP contribution >= 0.6 is 23.2 Å². The van der Waals surface area contributed by atoms with Crippen molar-refractivity contribution in [1.82, 2.24) is 5.43 Å². The van der Waals surface area contributed by atoms with E-state index in [1.807, 2.05) is 0 Å². The molecule has 1 unspecified atom stereocenters. The molecule has 0 heterocycles. The van der Waals surface area contributed by atoms with Gasteiger partial charge in [0, 0.05) is 22.7 Å². The molecule has 1 atom stereocenters. The zero-order valence-corrected chi connectivity index (χ0v) is 14.5. The first-order valence-corrected chi connectivity index (χ1v) is 7.81. The molecular formula is C16H13Cl2N3O4. The van der Waals surface area contributed by atoms with Crippen molar-refractivity contribution in [3.63, 3.8) is 0 Å². The molecule has 1 N–H and O–H groups in total. The molecule has 25 heavy (non-hydrogen) atoms. The Morgan fingerprint density at radius 3 is 2.76 bits per heavy atom. The van der Waals surface area contributed by atoms with E-state index in [2.05, 4.69) is 10.5 Å². The summed E-state index contributed by atoms with van der Waals surface area (Å²) in [7, 11) is 0. The number of nitrogens with zero attached hydrogens (tertiary/aromatic N) is 2. The Balaban J connectivity index is 1.95. The number of hydrazone groups is 1. The number of rotatable bonds is 6. The molecule has 9 heteroatoms. The lowest BCUT2D eigenvalue weighted by molar-refractivity contribution is -0.384. The number of carbonyl (C=O) groups excluding carboxylic acids is 1. The second-order valence-corrected chi connectivity index (χ2v) is 5.76. The largest absolute Gasteiger partial charge is 0.479 e. The highest BCUT2D eigenvalue weighted by atomic mass is 35.5. The topological polar surface area (TPSA) is 93.8 Å². The lowest BCUT2D eigenvalue weighted by Crippen LogP contribution is -2.33. The van der Waals surface area contributed by atoms with E-state index >= 15 is 0 Å². The number of amides is 1. The molecule has 2 aromatic rings. The summed E-state index contributed by atoms with van der Waals surface area (Å²) in [5.41, 5.74) is 2.71. The average molecular weight is 382 g/mol. The number of ether oxygens (including phenoxy) is 1. The molecule has 0 saturated carbocycles. The summed E-state index contributed by atoms with van der Waals surface area (Å²) in [5, 5.41) is 15.2. The fraction of sp³-hybridized carbons (Fsp3) is 0.125. The summed E-state index contributed by atoms with van der Waals surface area (Å²) in [6, 6.07) is 10.5. The Kier molecular flexibility index (Phi) is 6.32. The minimum absolute atomic E-state index is 0.0654. The molecule has 0 aliphatic rings. The van der Waals surface area contributed by atoms with Gasteiger partial charge in [-0.3, -0.25) is 14.9 Å². The summed E-state index contributed by atoms with van der Waals surface area (Å²) in [6.45, 7) is 1.53. The number of halogens is 2. The Morgan fingerprint density at radius 1 is 1.32 bits per heavy atom. The van der Waals surface area contributed by atoms with Crippen LogP contribution in [0.5, 0.6) is 5.75 Å². The molecule has 0 spiro atoms. The van der Waals surface area contributed by atoms with E-state index in [-0.39, 0.29) is 10.7 Å². The van der Waals surface area contributed by atoms with Crippen LogP contribution in [0.4, 0.5) is 5.69 Å². The molecule has 2 rings (SSSR count). The van der Waals surface area contributed by atoms with Crippen molar-refractivity contribution >= 4 is 41.0 Å². The van der Waals surface area contributed by atoms with Crippen molar-refractivity contribution in [2.24, 2.45) is 5.10 Å². The highest BCUT2D eigenvalue weighted by Gasteiger charge is 2.15. The van der Waals surface area contributed by atoms with Gasteiger partial charge in [0.2, 0.25) is 0 Å². The van der Waals surface area contributed by atoms with Gasteiger partial charge in [-0.1, -0.05) is 35.3 Å². The lowest BCUT2D eigenvalue weighted by atomic mass is 10.2. The molecule has 1 amide bonds. The molecule has 0 fully saturated rings. The zero-order valence-electron chi connectivity index (χ0n) is 13.0. The summed E-state index contributed by atoms with van der Waals surface area (Å²) in [6.07, 6.45) is 0.438. The number of non-ortho nitro benzene ring substituents is 1. The van der Waals surface area contributed by atoms with Crippen LogP contribution in [0, 0.1) is 10.1 Å². The van der Waals surface area contributed by atoms with Crippen LogP contribution in [0.25, 0.3) is 0 Å². The quantitative estimate of drug-likeness (QED) is 0.467. The maximum absolute atomic E-state index is 12.0. The monoisotopic (exact) mass is 381 g/mol. The molecule has 130 valence electrons. The fourth-order valence-corrected chi connectivity index (χ4v) is 2.25. The minimum atomic E-state index is -0.860. The van der Waals surface area contributed by atoms with Gasteiger partial charge < -0.3 is 4.74 Å². The van der Waals surface area contributed by atoms with Crippen LogP contribution in [-0.4, -0.2) is 23.1 Å². The molecule has 2 aromatic carbocycles. The van der Waals surface area contributed by atoms with Crippen molar-refractivity contribution in [1.29, 1.82) is 0 Å². The van der Waals surface area contributed by atoms with Gasteiger partial charge in [-0.2, -0.15) is 5.10 Å². The van der Waals surface area contributed by atoms with Crippen molar-refractivity contribution in [3.05, 3.63) is 68.2 Å². The number of nitrogens with one attached hydrogen (secondary N) is 1. The second kappa shape index (κ2) is 8.46. The fourth-order valence-electron chi connectivity index (χ4n) is 1.79. The van der Waals surface area contributed by atoms with Crippen LogP contribution in [0.15, 0.2) is 47.6 Å². The van der Waals surface area contributed by atoms with Gasteiger partial charge in [-0.15, -0.1) is 0 Å². The second-order valence-electron chi connectivity index (χ2n) is 4.92. The standard InChI is InChI=1S/C16H13Cl2N3O4/c1-10(25-15-6-5-12(17)8-14(15)18)16(22)20-19-9-11-3-2-4-13(7-11)21(23)24/h2-10H,1H3,(H,20,22)/b19-9+. The Morgan fingerprint density at radius 2 is 2.08 bits per heavy atom. The zero-order chi connectivity index (χ0) is 18.4. The Hall–Kier alpha value is -2.64. The molecule has 0 saturated heterocycles. The van der Waals surface area contributed by atoms with Gasteiger partial charge in [0.15, 0.2) is 6.10 Å². The highest BCUT2D eigenvalue weighted by Crippen LogP contribution is 2.28. The number of hydrogen-bond donors (Lipinski definition) is 1. The molecule has 0 bridgehead atoms. The summed E-state index contributed by atoms with van der Waals surface area (Å²) >= 11 is 11.8. The Labute approximate surface area is 153 Å². The van der Waals surface area contributed by atoms with Crippen molar-refractivity contribution in [3.8, 4) is 5.75 Å². The van der Waals surface area contributed by atoms with Crippen molar-refractivity contribution in [2.45, 2.75) is 13.0 Å². The van der Waals surface area contributed by atoms with E-state index < -0.39 is 16.9 Å². The number of carbonyl (C=O) groups is 1. The average Bonchev–Trinajstić information content (AvgIpc) is 2.57. The predicted molar refractivity (Wildman–Crippen MR) is 95.4 cm³/mol. The summed E-state index contributed by atoms with van der Waals surface area (Å²) < 4.78 is 5.45. The van der Waals surface area contributed by atoms with Crippen LogP contribution in [0.3, 0.4) is 0 Å². The molecule has 0 aromatic heterocycles. The minimum Gasteiger partial charge on any atom is -0.479 e. The highest BCUT2D eigenvalue weighted by molar-refractivity contribution is 6.35. The maximum atomic E-state index is 12.0. The van der Waals surface area contributed by atoms with Gasteiger partial charge in [0.25, 0.3) is 11.6 Å². The number of nitro groups is 1. The van der Waals surface area contributed by atoms with Crippen molar-refractivity contribution in [2.75, 3.05) is 0 Å². The van der Waals surface area contributed by atoms with Gasteiger partial charge in [-0.05, 0) is 25.1 Å². The molecule has 0 radical (unpaired) electrons. The molecule has 0 aliphatic heterocycles. The summed E-state index contributed by atoms with van der Waals surface area (Å²) in [4.78, 5) is 22.2. The van der Waals surface area contributed by atoms with Crippen LogP contribution < -0.4 is 10.2 Å². The van der Waals surface area contributed by atoms with Crippen LogP contribution in [-0.2, 0) is 4.79 Å². The maximum Gasteiger partial charge on any atom is 0.280 e. The van der Waals surface area contributed by atoms with E-state index in [0.29, 0.717) is 16.3 Å². The smallest absolute Gasteiger partial charge is 0.280 e. The van der Waals surface area contributed by atoms with Crippen LogP contribution in [0.2, 0.25) is 10.0 Å². The van der Waals surface area contributed by atoms with E-state index in [9.17, 15) is 14.9 Å². The first-order chi connectivity index (χ1) is 11.9. The number of hydrogen-bond acceptors (Lipinski definition) is 5. The van der Waals surface area contributed by atoms with E-state index in [0.717, 1.165) is 0 Å². The Bertz CT molecular complexity index is 827. The molecular weight excluding hydrogens is 369 g/mol.